The number of H-pyrrole nitrogens is 1. The Morgan fingerprint density at radius 3 is 3.06 bits per heavy atom. The van der Waals surface area contributed by atoms with Gasteiger partial charge in [0.1, 0.15) is 0 Å². The number of anilines is 1. The van der Waals surface area contributed by atoms with Crippen molar-refractivity contribution in [2.75, 3.05) is 5.32 Å². The third-order valence-corrected chi connectivity index (χ3v) is 2.79. The van der Waals surface area contributed by atoms with Crippen molar-refractivity contribution < 1.29 is 4.79 Å². The Bertz CT molecular complexity index is 710. The van der Waals surface area contributed by atoms with E-state index in [4.69, 9.17) is 0 Å². The van der Waals surface area contributed by atoms with E-state index in [0.29, 0.717) is 11.3 Å². The maximum Gasteiger partial charge on any atom is 0.257 e. The van der Waals surface area contributed by atoms with E-state index in [0.717, 1.165) is 10.9 Å². The molecule has 2 aromatic heterocycles. The molecule has 0 unspecified atom stereocenters. The van der Waals surface area contributed by atoms with E-state index >= 15 is 0 Å². The SMILES string of the molecule is Cn1cc(NC(=O)c2cccc3cc[nH]c23)cn1. The van der Waals surface area contributed by atoms with E-state index < -0.39 is 0 Å². The summed E-state index contributed by atoms with van der Waals surface area (Å²) in [5.41, 5.74) is 2.16. The lowest BCUT2D eigenvalue weighted by Gasteiger charge is -2.03. The first kappa shape index (κ1) is 10.6. The largest absolute Gasteiger partial charge is 0.361 e. The molecule has 1 amide bonds. The van der Waals surface area contributed by atoms with Gasteiger partial charge in [-0.2, -0.15) is 5.10 Å². The Morgan fingerprint density at radius 2 is 2.28 bits per heavy atom. The minimum Gasteiger partial charge on any atom is -0.361 e. The number of fused-ring (bicyclic) bond motifs is 1. The number of hydrogen-bond acceptors (Lipinski definition) is 2. The minimum atomic E-state index is -0.143. The van der Waals surface area contributed by atoms with Crippen LogP contribution in [0.5, 0.6) is 0 Å². The van der Waals surface area contributed by atoms with Crippen molar-refractivity contribution in [2.45, 2.75) is 0 Å². The van der Waals surface area contributed by atoms with Crippen LogP contribution in [0.3, 0.4) is 0 Å². The lowest BCUT2D eigenvalue weighted by atomic mass is 10.1. The van der Waals surface area contributed by atoms with Gasteiger partial charge in [0.15, 0.2) is 0 Å². The van der Waals surface area contributed by atoms with E-state index in [1.165, 1.54) is 0 Å². The zero-order valence-electron chi connectivity index (χ0n) is 9.84. The Balaban J connectivity index is 1.94. The summed E-state index contributed by atoms with van der Waals surface area (Å²) in [4.78, 5) is 15.2. The predicted octanol–water partition coefficient (Wildman–Crippen LogP) is 2.15. The molecule has 0 aliphatic heterocycles. The first-order valence-electron chi connectivity index (χ1n) is 5.60. The summed E-state index contributed by atoms with van der Waals surface area (Å²) in [7, 11) is 1.81. The lowest BCUT2D eigenvalue weighted by Crippen LogP contribution is -2.11. The Labute approximate surface area is 103 Å². The smallest absolute Gasteiger partial charge is 0.257 e. The number of nitrogens with one attached hydrogen (secondary N) is 2. The molecule has 0 radical (unpaired) electrons. The highest BCUT2D eigenvalue weighted by atomic mass is 16.1. The third-order valence-electron chi connectivity index (χ3n) is 2.79. The van der Waals surface area contributed by atoms with Crippen LogP contribution in [0.2, 0.25) is 0 Å². The topological polar surface area (TPSA) is 62.7 Å². The van der Waals surface area contributed by atoms with Crippen LogP contribution >= 0.6 is 0 Å². The van der Waals surface area contributed by atoms with Crippen molar-refractivity contribution in [3.05, 3.63) is 48.4 Å². The summed E-state index contributed by atoms with van der Waals surface area (Å²) in [5.74, 6) is -0.143. The first-order chi connectivity index (χ1) is 8.74. The van der Waals surface area contributed by atoms with Crippen molar-refractivity contribution >= 4 is 22.5 Å². The van der Waals surface area contributed by atoms with Crippen molar-refractivity contribution in [2.24, 2.45) is 7.05 Å². The molecule has 0 aliphatic rings. The van der Waals surface area contributed by atoms with Crippen LogP contribution in [0.4, 0.5) is 5.69 Å². The molecule has 2 heterocycles. The highest BCUT2D eigenvalue weighted by Gasteiger charge is 2.11. The van der Waals surface area contributed by atoms with E-state index in [2.05, 4.69) is 15.4 Å². The van der Waals surface area contributed by atoms with Gasteiger partial charge in [-0.1, -0.05) is 12.1 Å². The van der Waals surface area contributed by atoms with Crippen molar-refractivity contribution in [3.63, 3.8) is 0 Å². The number of aromatic amines is 1. The number of aromatic nitrogens is 3. The van der Waals surface area contributed by atoms with E-state index in [-0.39, 0.29) is 5.91 Å². The average Bonchev–Trinajstić information content (AvgIpc) is 2.97. The van der Waals surface area contributed by atoms with Crippen molar-refractivity contribution in [1.29, 1.82) is 0 Å². The zero-order chi connectivity index (χ0) is 12.5. The van der Waals surface area contributed by atoms with Crippen LogP contribution in [-0.4, -0.2) is 20.7 Å². The van der Waals surface area contributed by atoms with Crippen LogP contribution in [-0.2, 0) is 7.05 Å². The molecule has 3 rings (SSSR count). The van der Waals surface area contributed by atoms with Gasteiger partial charge in [-0.05, 0) is 12.1 Å². The molecule has 2 N–H and O–H groups in total. The molecule has 5 nitrogen and oxygen atoms in total. The summed E-state index contributed by atoms with van der Waals surface area (Å²) < 4.78 is 1.64. The number of para-hydroxylation sites is 1. The fourth-order valence-corrected chi connectivity index (χ4v) is 1.96. The maximum absolute atomic E-state index is 12.2. The molecular weight excluding hydrogens is 228 g/mol. The van der Waals surface area contributed by atoms with Gasteiger partial charge in [-0.3, -0.25) is 9.48 Å². The highest BCUT2D eigenvalue weighted by molar-refractivity contribution is 6.11. The van der Waals surface area contributed by atoms with Gasteiger partial charge in [-0.15, -0.1) is 0 Å². The number of carbonyl (C=O) groups excluding carboxylic acids is 1. The molecule has 0 atom stereocenters. The maximum atomic E-state index is 12.2. The third kappa shape index (κ3) is 1.75. The molecular formula is C13H12N4O. The van der Waals surface area contributed by atoms with Crippen LogP contribution < -0.4 is 5.32 Å². The van der Waals surface area contributed by atoms with Gasteiger partial charge >= 0.3 is 0 Å². The number of hydrogen-bond donors (Lipinski definition) is 2. The fourth-order valence-electron chi connectivity index (χ4n) is 1.96. The van der Waals surface area contributed by atoms with Crippen molar-refractivity contribution in [1.82, 2.24) is 14.8 Å². The second-order valence-corrected chi connectivity index (χ2v) is 4.10. The molecule has 0 aliphatic carbocycles. The summed E-state index contributed by atoms with van der Waals surface area (Å²) in [6.45, 7) is 0. The molecule has 0 saturated heterocycles. The number of nitrogens with zero attached hydrogens (tertiary/aromatic N) is 2. The average molecular weight is 240 g/mol. The van der Waals surface area contributed by atoms with Crippen LogP contribution in [0, 0.1) is 0 Å². The number of amides is 1. The molecule has 0 fully saturated rings. The predicted molar refractivity (Wildman–Crippen MR) is 69.5 cm³/mol. The summed E-state index contributed by atoms with van der Waals surface area (Å²) in [5, 5.41) is 7.85. The number of aryl methyl sites for hydroxylation is 1. The van der Waals surface area contributed by atoms with Gasteiger partial charge in [0.05, 0.1) is 23.0 Å². The van der Waals surface area contributed by atoms with Crippen LogP contribution in [0.1, 0.15) is 10.4 Å². The molecule has 5 heteroatoms. The first-order valence-corrected chi connectivity index (χ1v) is 5.60. The second-order valence-electron chi connectivity index (χ2n) is 4.10. The Kier molecular flexibility index (Phi) is 2.37. The Morgan fingerprint density at radius 1 is 1.39 bits per heavy atom. The van der Waals surface area contributed by atoms with E-state index in [9.17, 15) is 4.79 Å². The normalized spacial score (nSPS) is 10.7. The summed E-state index contributed by atoms with van der Waals surface area (Å²) in [6.07, 6.45) is 5.20. The lowest BCUT2D eigenvalue weighted by molar-refractivity contribution is 0.102. The van der Waals surface area contributed by atoms with Gasteiger partial charge in [0, 0.05) is 24.8 Å². The standard InChI is InChI=1S/C13H12N4O/c1-17-8-10(7-15-17)16-13(18)11-4-2-3-9-5-6-14-12(9)11/h2-8,14H,1H3,(H,16,18). The van der Waals surface area contributed by atoms with Gasteiger partial charge in [0.2, 0.25) is 0 Å². The number of carbonyl (C=O) groups is 1. The molecule has 3 aromatic rings. The zero-order valence-corrected chi connectivity index (χ0v) is 9.84. The summed E-state index contributed by atoms with van der Waals surface area (Å²) >= 11 is 0. The molecule has 90 valence electrons. The van der Waals surface area contributed by atoms with E-state index in [1.54, 1.807) is 30.2 Å². The summed E-state index contributed by atoms with van der Waals surface area (Å²) in [6, 6.07) is 7.57. The molecule has 0 bridgehead atoms. The van der Waals surface area contributed by atoms with Gasteiger partial charge in [0.25, 0.3) is 5.91 Å². The second kappa shape index (κ2) is 4.03. The number of benzene rings is 1. The quantitative estimate of drug-likeness (QED) is 0.721. The monoisotopic (exact) mass is 240 g/mol. The highest BCUT2D eigenvalue weighted by Crippen LogP contribution is 2.18. The van der Waals surface area contributed by atoms with Crippen molar-refractivity contribution in [3.8, 4) is 0 Å². The molecule has 1 aromatic carbocycles. The fraction of sp³-hybridized carbons (Fsp3) is 0.0769. The molecule has 0 saturated carbocycles. The minimum absolute atomic E-state index is 0.143. The van der Waals surface area contributed by atoms with Gasteiger partial charge in [-0.25, -0.2) is 0 Å². The molecule has 0 spiro atoms. The number of rotatable bonds is 2. The van der Waals surface area contributed by atoms with Crippen LogP contribution in [0.25, 0.3) is 10.9 Å². The molecule has 18 heavy (non-hydrogen) atoms. The van der Waals surface area contributed by atoms with E-state index in [1.807, 2.05) is 24.4 Å². The van der Waals surface area contributed by atoms with Gasteiger partial charge < -0.3 is 10.3 Å². The Hall–Kier alpha value is -2.56. The van der Waals surface area contributed by atoms with Crippen LogP contribution in [0.15, 0.2) is 42.9 Å².